The van der Waals surface area contributed by atoms with Gasteiger partial charge in [-0.05, 0) is 31.2 Å². The van der Waals surface area contributed by atoms with Crippen LogP contribution in [0, 0.1) is 6.92 Å². The third kappa shape index (κ3) is 3.07. The van der Waals surface area contributed by atoms with E-state index in [2.05, 4.69) is 10.3 Å². The van der Waals surface area contributed by atoms with E-state index in [9.17, 15) is 4.79 Å². The second-order valence-corrected chi connectivity index (χ2v) is 4.19. The van der Waals surface area contributed by atoms with Gasteiger partial charge in [0.1, 0.15) is 11.5 Å². The van der Waals surface area contributed by atoms with Crippen molar-refractivity contribution in [2.45, 2.75) is 26.9 Å². The highest BCUT2D eigenvalue weighted by molar-refractivity contribution is 5.08. The maximum absolute atomic E-state index is 11.6. The molecule has 0 radical (unpaired) electrons. The summed E-state index contributed by atoms with van der Waals surface area (Å²) >= 11 is 0. The third-order valence-electron chi connectivity index (χ3n) is 2.58. The zero-order chi connectivity index (χ0) is 13.0. The van der Waals surface area contributed by atoms with Crippen LogP contribution in [-0.2, 0) is 13.1 Å². The summed E-state index contributed by atoms with van der Waals surface area (Å²) in [6, 6.07) is 3.81. The van der Waals surface area contributed by atoms with Crippen molar-refractivity contribution in [1.82, 2.24) is 14.9 Å². The van der Waals surface area contributed by atoms with Crippen LogP contribution in [0.3, 0.4) is 0 Å². The summed E-state index contributed by atoms with van der Waals surface area (Å²) < 4.78 is 7.18. The molecular weight excluding hydrogens is 230 g/mol. The Hall–Kier alpha value is -1.88. The van der Waals surface area contributed by atoms with Crippen molar-refractivity contribution < 1.29 is 4.42 Å². The predicted octanol–water partition coefficient (Wildman–Crippen LogP) is 1.30. The lowest BCUT2D eigenvalue weighted by molar-refractivity contribution is 0.436. The summed E-state index contributed by atoms with van der Waals surface area (Å²) in [6.07, 6.45) is 3.35. The summed E-state index contributed by atoms with van der Waals surface area (Å²) in [5.74, 6) is 1.64. The van der Waals surface area contributed by atoms with Crippen LogP contribution in [-0.4, -0.2) is 16.1 Å². The molecule has 5 nitrogen and oxygen atoms in total. The third-order valence-corrected chi connectivity index (χ3v) is 2.58. The Kier molecular flexibility index (Phi) is 3.94. The average molecular weight is 247 g/mol. The number of hydrogen-bond acceptors (Lipinski definition) is 4. The molecule has 2 heterocycles. The quantitative estimate of drug-likeness (QED) is 0.865. The largest absolute Gasteiger partial charge is 0.463 e. The monoisotopic (exact) mass is 247 g/mol. The Balaban J connectivity index is 2.11. The average Bonchev–Trinajstić information content (AvgIpc) is 2.79. The van der Waals surface area contributed by atoms with Gasteiger partial charge in [-0.1, -0.05) is 6.92 Å². The molecule has 0 unspecified atom stereocenters. The van der Waals surface area contributed by atoms with Gasteiger partial charge in [-0.2, -0.15) is 0 Å². The van der Waals surface area contributed by atoms with Crippen LogP contribution in [0.25, 0.3) is 0 Å². The van der Waals surface area contributed by atoms with Gasteiger partial charge in [-0.15, -0.1) is 0 Å². The van der Waals surface area contributed by atoms with Gasteiger partial charge in [0, 0.05) is 12.4 Å². The van der Waals surface area contributed by atoms with Crippen molar-refractivity contribution in [2.75, 3.05) is 6.54 Å². The lowest BCUT2D eigenvalue weighted by atomic mass is 10.4. The lowest BCUT2D eigenvalue weighted by Gasteiger charge is -2.03. The fraction of sp³-hybridized carbons (Fsp3) is 0.385. The van der Waals surface area contributed by atoms with E-state index in [1.807, 2.05) is 26.0 Å². The first-order valence-corrected chi connectivity index (χ1v) is 6.00. The Morgan fingerprint density at radius 2 is 2.17 bits per heavy atom. The molecule has 1 N–H and O–H groups in total. The SMILES string of the molecule is CCNCc1ccc(Cn2cc(C)cnc2=O)o1. The molecule has 0 atom stereocenters. The summed E-state index contributed by atoms with van der Waals surface area (Å²) in [6.45, 7) is 5.97. The molecule has 2 rings (SSSR count). The molecule has 96 valence electrons. The molecule has 0 aliphatic heterocycles. The maximum atomic E-state index is 11.6. The molecule has 2 aromatic rings. The lowest BCUT2D eigenvalue weighted by Crippen LogP contribution is -2.22. The van der Waals surface area contributed by atoms with Gasteiger partial charge in [0.05, 0.1) is 13.1 Å². The Morgan fingerprint density at radius 3 is 2.94 bits per heavy atom. The molecule has 18 heavy (non-hydrogen) atoms. The number of aromatic nitrogens is 2. The maximum Gasteiger partial charge on any atom is 0.347 e. The summed E-state index contributed by atoms with van der Waals surface area (Å²) in [4.78, 5) is 15.3. The van der Waals surface area contributed by atoms with Crippen LogP contribution < -0.4 is 11.0 Å². The molecule has 5 heteroatoms. The van der Waals surface area contributed by atoms with Crippen LogP contribution in [0.15, 0.2) is 33.7 Å². The normalized spacial score (nSPS) is 10.8. The van der Waals surface area contributed by atoms with Crippen molar-refractivity contribution in [2.24, 2.45) is 0 Å². The van der Waals surface area contributed by atoms with E-state index in [0.29, 0.717) is 13.1 Å². The van der Waals surface area contributed by atoms with E-state index >= 15 is 0 Å². The molecule has 0 aliphatic carbocycles. The molecule has 0 spiro atoms. The second-order valence-electron chi connectivity index (χ2n) is 4.19. The first kappa shape index (κ1) is 12.6. The number of nitrogens with zero attached hydrogens (tertiary/aromatic N) is 2. The summed E-state index contributed by atoms with van der Waals surface area (Å²) in [5.41, 5.74) is 0.694. The van der Waals surface area contributed by atoms with Crippen molar-refractivity contribution in [3.63, 3.8) is 0 Å². The van der Waals surface area contributed by atoms with Gasteiger partial charge in [0.2, 0.25) is 0 Å². The van der Waals surface area contributed by atoms with Crippen molar-refractivity contribution in [1.29, 1.82) is 0 Å². The van der Waals surface area contributed by atoms with Gasteiger partial charge in [0.25, 0.3) is 0 Å². The molecule has 0 bridgehead atoms. The highest BCUT2D eigenvalue weighted by Gasteiger charge is 2.04. The van der Waals surface area contributed by atoms with Gasteiger partial charge in [0.15, 0.2) is 0 Å². The smallest absolute Gasteiger partial charge is 0.347 e. The van der Waals surface area contributed by atoms with Gasteiger partial charge >= 0.3 is 5.69 Å². The van der Waals surface area contributed by atoms with Crippen LogP contribution in [0.5, 0.6) is 0 Å². The van der Waals surface area contributed by atoms with Crippen LogP contribution >= 0.6 is 0 Å². The first-order valence-electron chi connectivity index (χ1n) is 6.00. The van der Waals surface area contributed by atoms with E-state index in [-0.39, 0.29) is 5.69 Å². The van der Waals surface area contributed by atoms with E-state index in [1.54, 1.807) is 17.0 Å². The molecule has 0 saturated carbocycles. The number of hydrogen-bond donors (Lipinski definition) is 1. The van der Waals surface area contributed by atoms with Gasteiger partial charge < -0.3 is 9.73 Å². The minimum absolute atomic E-state index is 0.259. The number of furan rings is 1. The van der Waals surface area contributed by atoms with Crippen molar-refractivity contribution >= 4 is 0 Å². The van der Waals surface area contributed by atoms with E-state index in [4.69, 9.17) is 4.42 Å². The zero-order valence-electron chi connectivity index (χ0n) is 10.6. The molecule has 0 aromatic carbocycles. The zero-order valence-corrected chi connectivity index (χ0v) is 10.6. The number of rotatable bonds is 5. The minimum atomic E-state index is -0.259. The van der Waals surface area contributed by atoms with Gasteiger partial charge in [-0.25, -0.2) is 9.78 Å². The predicted molar refractivity (Wildman–Crippen MR) is 68.4 cm³/mol. The van der Waals surface area contributed by atoms with Crippen LogP contribution in [0.4, 0.5) is 0 Å². The minimum Gasteiger partial charge on any atom is -0.463 e. The Labute approximate surface area is 105 Å². The molecule has 0 amide bonds. The molecule has 0 saturated heterocycles. The number of aryl methyl sites for hydroxylation is 1. The van der Waals surface area contributed by atoms with Crippen molar-refractivity contribution in [3.8, 4) is 0 Å². The summed E-state index contributed by atoms with van der Waals surface area (Å²) in [7, 11) is 0. The molecule has 0 aliphatic rings. The fourth-order valence-corrected chi connectivity index (χ4v) is 1.70. The van der Waals surface area contributed by atoms with E-state index in [1.165, 1.54) is 0 Å². The molecule has 2 aromatic heterocycles. The Morgan fingerprint density at radius 1 is 1.39 bits per heavy atom. The van der Waals surface area contributed by atoms with Crippen LogP contribution in [0.1, 0.15) is 24.0 Å². The van der Waals surface area contributed by atoms with Gasteiger partial charge in [-0.3, -0.25) is 4.57 Å². The Bertz CT molecular complexity index is 572. The first-order chi connectivity index (χ1) is 8.69. The topological polar surface area (TPSA) is 60.1 Å². The molecular formula is C13H17N3O2. The highest BCUT2D eigenvalue weighted by atomic mass is 16.3. The number of nitrogens with one attached hydrogen (secondary N) is 1. The second kappa shape index (κ2) is 5.64. The summed E-state index contributed by atoms with van der Waals surface area (Å²) in [5, 5.41) is 3.19. The van der Waals surface area contributed by atoms with Crippen LogP contribution in [0.2, 0.25) is 0 Å². The fourth-order valence-electron chi connectivity index (χ4n) is 1.70. The standard InChI is InChI=1S/C13H17N3O2/c1-3-14-7-11-4-5-12(18-11)9-16-8-10(2)6-15-13(16)17/h4-6,8,14H,3,7,9H2,1-2H3. The van der Waals surface area contributed by atoms with E-state index in [0.717, 1.165) is 23.6 Å². The highest BCUT2D eigenvalue weighted by Crippen LogP contribution is 2.08. The molecule has 0 fully saturated rings. The van der Waals surface area contributed by atoms with Crippen molar-refractivity contribution in [3.05, 3.63) is 52.1 Å². The van der Waals surface area contributed by atoms with E-state index < -0.39 is 0 Å².